The molecule has 0 aromatic heterocycles. The highest BCUT2D eigenvalue weighted by Crippen LogP contribution is 2.16. The fourth-order valence-electron chi connectivity index (χ4n) is 1.41. The third-order valence-electron chi connectivity index (χ3n) is 2.20. The number of carbonyl (C=O) groups is 2. The molecule has 7 heteroatoms. The smallest absolute Gasteiger partial charge is 0.309 e. The van der Waals surface area contributed by atoms with Crippen molar-refractivity contribution in [1.29, 1.82) is 0 Å². The second-order valence-corrected chi connectivity index (χ2v) is 7.69. The van der Waals surface area contributed by atoms with Gasteiger partial charge < -0.3 is 9.47 Å². The van der Waals surface area contributed by atoms with Crippen LogP contribution in [0.15, 0.2) is 0 Å². The molecule has 0 saturated carbocycles. The summed E-state index contributed by atoms with van der Waals surface area (Å²) in [5.41, 5.74) is -0.644. The van der Waals surface area contributed by atoms with E-state index in [0.717, 1.165) is 6.26 Å². The van der Waals surface area contributed by atoms with Gasteiger partial charge in [0.25, 0.3) is 0 Å². The van der Waals surface area contributed by atoms with Crippen LogP contribution in [0.5, 0.6) is 0 Å². The molecule has 19 heavy (non-hydrogen) atoms. The van der Waals surface area contributed by atoms with Crippen molar-refractivity contribution in [2.24, 2.45) is 5.92 Å². The van der Waals surface area contributed by atoms with Gasteiger partial charge in [-0.2, -0.15) is 0 Å². The molecule has 0 saturated heterocycles. The molecule has 0 aliphatic heterocycles. The van der Waals surface area contributed by atoms with Crippen molar-refractivity contribution < 1.29 is 27.5 Å². The first-order valence-corrected chi connectivity index (χ1v) is 7.98. The van der Waals surface area contributed by atoms with Crippen LogP contribution in [0.2, 0.25) is 0 Å². The normalized spacial score (nSPS) is 13.7. The van der Waals surface area contributed by atoms with Crippen LogP contribution in [-0.4, -0.2) is 45.1 Å². The van der Waals surface area contributed by atoms with Crippen molar-refractivity contribution in [3.8, 4) is 0 Å². The van der Waals surface area contributed by atoms with Crippen molar-refractivity contribution in [3.05, 3.63) is 0 Å². The van der Waals surface area contributed by atoms with Crippen LogP contribution in [0.1, 0.15) is 33.6 Å². The molecule has 0 aliphatic carbocycles. The fourth-order valence-corrected chi connectivity index (χ4v) is 2.12. The van der Waals surface area contributed by atoms with Crippen LogP contribution in [0.3, 0.4) is 0 Å². The highest BCUT2D eigenvalue weighted by molar-refractivity contribution is 7.90. The largest absolute Gasteiger partial charge is 0.469 e. The molecule has 0 bridgehead atoms. The summed E-state index contributed by atoms with van der Waals surface area (Å²) in [6.45, 7) is 5.15. The Labute approximate surface area is 114 Å². The molecule has 0 radical (unpaired) electrons. The van der Waals surface area contributed by atoms with E-state index in [1.165, 1.54) is 7.11 Å². The lowest BCUT2D eigenvalue weighted by Crippen LogP contribution is -2.28. The molecular weight excluding hydrogens is 272 g/mol. The fraction of sp³-hybridized carbons (Fsp3) is 0.833. The molecule has 112 valence electrons. The summed E-state index contributed by atoms with van der Waals surface area (Å²) in [7, 11) is -1.99. The molecule has 1 atom stereocenters. The quantitative estimate of drug-likeness (QED) is 0.678. The Morgan fingerprint density at radius 1 is 1.21 bits per heavy atom. The summed E-state index contributed by atoms with van der Waals surface area (Å²) in [5.74, 6) is -2.12. The van der Waals surface area contributed by atoms with E-state index < -0.39 is 33.3 Å². The zero-order valence-corrected chi connectivity index (χ0v) is 12.9. The lowest BCUT2D eigenvalue weighted by Gasteiger charge is -2.21. The minimum absolute atomic E-state index is 0.0464. The standard InChI is InChI=1S/C12H22O6S/c1-12(2,3)18-10(13)8-9(11(14)17-4)6-7-19(5,15)16/h9H,6-8H2,1-5H3. The van der Waals surface area contributed by atoms with Crippen molar-refractivity contribution in [3.63, 3.8) is 0 Å². The Bertz CT molecular complexity index is 418. The summed E-state index contributed by atoms with van der Waals surface area (Å²) in [6.07, 6.45) is 0.943. The van der Waals surface area contributed by atoms with Crippen LogP contribution in [-0.2, 0) is 28.9 Å². The van der Waals surface area contributed by atoms with Gasteiger partial charge in [-0.15, -0.1) is 0 Å². The summed E-state index contributed by atoms with van der Waals surface area (Å²) in [6, 6.07) is 0. The van der Waals surface area contributed by atoms with Crippen molar-refractivity contribution in [2.45, 2.75) is 39.2 Å². The van der Waals surface area contributed by atoms with Crippen LogP contribution >= 0.6 is 0 Å². The maximum absolute atomic E-state index is 11.6. The number of sulfone groups is 1. The lowest BCUT2D eigenvalue weighted by molar-refractivity contribution is -0.160. The monoisotopic (exact) mass is 294 g/mol. The number of carbonyl (C=O) groups excluding carboxylic acids is 2. The Morgan fingerprint density at radius 2 is 1.74 bits per heavy atom. The van der Waals surface area contributed by atoms with Gasteiger partial charge in [0.15, 0.2) is 0 Å². The number of rotatable bonds is 6. The number of esters is 2. The molecule has 0 N–H and O–H groups in total. The molecule has 0 amide bonds. The SMILES string of the molecule is COC(=O)C(CCS(C)(=O)=O)CC(=O)OC(C)(C)C. The molecule has 6 nitrogen and oxygen atoms in total. The van der Waals surface area contributed by atoms with Crippen LogP contribution in [0.4, 0.5) is 0 Å². The zero-order valence-electron chi connectivity index (χ0n) is 12.1. The predicted molar refractivity (Wildman–Crippen MR) is 70.3 cm³/mol. The van der Waals surface area contributed by atoms with Gasteiger partial charge in [0.05, 0.1) is 25.2 Å². The van der Waals surface area contributed by atoms with Crippen molar-refractivity contribution >= 4 is 21.8 Å². The summed E-state index contributed by atoms with van der Waals surface area (Å²) >= 11 is 0. The lowest BCUT2D eigenvalue weighted by atomic mass is 10.0. The van der Waals surface area contributed by atoms with Gasteiger partial charge in [-0.1, -0.05) is 0 Å². The van der Waals surface area contributed by atoms with Gasteiger partial charge in [-0.3, -0.25) is 9.59 Å². The summed E-state index contributed by atoms with van der Waals surface area (Å²) < 4.78 is 31.9. The highest BCUT2D eigenvalue weighted by atomic mass is 32.2. The Morgan fingerprint density at radius 3 is 2.11 bits per heavy atom. The highest BCUT2D eigenvalue weighted by Gasteiger charge is 2.27. The van der Waals surface area contributed by atoms with Crippen LogP contribution in [0.25, 0.3) is 0 Å². The van der Waals surface area contributed by atoms with Gasteiger partial charge in [-0.05, 0) is 27.2 Å². The molecular formula is C12H22O6S. The third-order valence-corrected chi connectivity index (χ3v) is 3.18. The van der Waals surface area contributed by atoms with E-state index in [4.69, 9.17) is 4.74 Å². The Balaban J connectivity index is 4.61. The molecule has 1 unspecified atom stereocenters. The minimum Gasteiger partial charge on any atom is -0.469 e. The molecule has 0 spiro atoms. The molecule has 0 rings (SSSR count). The van der Waals surface area contributed by atoms with E-state index in [2.05, 4.69) is 4.74 Å². The first-order chi connectivity index (χ1) is 8.44. The number of ether oxygens (including phenoxy) is 2. The molecule has 0 aliphatic rings. The topological polar surface area (TPSA) is 86.7 Å². The van der Waals surface area contributed by atoms with Gasteiger partial charge in [0, 0.05) is 6.26 Å². The average molecular weight is 294 g/mol. The second kappa shape index (κ2) is 6.88. The van der Waals surface area contributed by atoms with Crippen molar-refractivity contribution in [2.75, 3.05) is 19.1 Å². The van der Waals surface area contributed by atoms with Gasteiger partial charge in [0.2, 0.25) is 0 Å². The zero-order chi connectivity index (χ0) is 15.3. The summed E-state index contributed by atoms with van der Waals surface area (Å²) in [5, 5.41) is 0. The number of hydrogen-bond donors (Lipinski definition) is 0. The van der Waals surface area contributed by atoms with Crippen molar-refractivity contribution in [1.82, 2.24) is 0 Å². The Hall–Kier alpha value is -1.11. The molecule has 0 heterocycles. The van der Waals surface area contributed by atoms with E-state index in [0.29, 0.717) is 0 Å². The number of hydrogen-bond acceptors (Lipinski definition) is 6. The van der Waals surface area contributed by atoms with E-state index in [-0.39, 0.29) is 18.6 Å². The van der Waals surface area contributed by atoms with Crippen LogP contribution in [0, 0.1) is 5.92 Å². The number of methoxy groups -OCH3 is 1. The third kappa shape index (κ3) is 9.47. The van der Waals surface area contributed by atoms with E-state index in [9.17, 15) is 18.0 Å². The molecule has 0 aromatic carbocycles. The molecule has 0 fully saturated rings. The predicted octanol–water partition coefficient (Wildman–Crippen LogP) is 0.942. The van der Waals surface area contributed by atoms with Crippen LogP contribution < -0.4 is 0 Å². The van der Waals surface area contributed by atoms with E-state index in [1.54, 1.807) is 20.8 Å². The van der Waals surface area contributed by atoms with Gasteiger partial charge in [0.1, 0.15) is 15.4 Å². The maximum Gasteiger partial charge on any atom is 0.309 e. The van der Waals surface area contributed by atoms with Gasteiger partial charge >= 0.3 is 11.9 Å². The average Bonchev–Trinajstić information content (AvgIpc) is 2.19. The Kier molecular flexibility index (Phi) is 6.48. The molecule has 0 aromatic rings. The first-order valence-electron chi connectivity index (χ1n) is 5.92. The first kappa shape index (κ1) is 17.9. The van der Waals surface area contributed by atoms with E-state index in [1.807, 2.05) is 0 Å². The summed E-state index contributed by atoms with van der Waals surface area (Å²) in [4.78, 5) is 23.1. The van der Waals surface area contributed by atoms with E-state index >= 15 is 0 Å². The second-order valence-electron chi connectivity index (χ2n) is 5.43. The minimum atomic E-state index is -3.19. The maximum atomic E-state index is 11.6. The van der Waals surface area contributed by atoms with Gasteiger partial charge in [-0.25, -0.2) is 8.42 Å².